The fraction of sp³-hybridized carbons (Fsp3) is 0.357. The minimum Gasteiger partial charge on any atom is -0.481 e. The predicted octanol–water partition coefficient (Wildman–Crippen LogP) is 2.68. The zero-order valence-electron chi connectivity index (χ0n) is 11.5. The second-order valence-electron chi connectivity index (χ2n) is 4.23. The van der Waals surface area contributed by atoms with E-state index in [-0.39, 0.29) is 0 Å². The molecule has 0 aromatic carbocycles. The summed E-state index contributed by atoms with van der Waals surface area (Å²) in [5, 5.41) is 3.20. The van der Waals surface area contributed by atoms with Crippen LogP contribution in [0.1, 0.15) is 19.0 Å². The SMILES string of the molecule is CCCNc1nc(C)cc(-c2ccc(OC)nc2)n1. The molecule has 2 aromatic rings. The molecule has 0 spiro atoms. The summed E-state index contributed by atoms with van der Waals surface area (Å²) in [6.07, 6.45) is 2.79. The molecule has 0 aliphatic carbocycles. The van der Waals surface area contributed by atoms with Crippen molar-refractivity contribution in [2.75, 3.05) is 19.0 Å². The summed E-state index contributed by atoms with van der Waals surface area (Å²) in [7, 11) is 1.60. The van der Waals surface area contributed by atoms with Crippen molar-refractivity contribution in [2.24, 2.45) is 0 Å². The first-order chi connectivity index (χ1) is 9.22. The number of methoxy groups -OCH3 is 1. The maximum atomic E-state index is 5.05. The minimum absolute atomic E-state index is 0.596. The van der Waals surface area contributed by atoms with Gasteiger partial charge < -0.3 is 10.1 Å². The van der Waals surface area contributed by atoms with E-state index in [4.69, 9.17) is 4.74 Å². The highest BCUT2D eigenvalue weighted by Crippen LogP contribution is 2.20. The normalized spacial score (nSPS) is 10.3. The smallest absolute Gasteiger partial charge is 0.223 e. The fourth-order valence-corrected chi connectivity index (χ4v) is 1.68. The van der Waals surface area contributed by atoms with Gasteiger partial charge in [-0.1, -0.05) is 6.92 Å². The van der Waals surface area contributed by atoms with Crippen molar-refractivity contribution in [3.05, 3.63) is 30.1 Å². The van der Waals surface area contributed by atoms with E-state index < -0.39 is 0 Å². The average Bonchev–Trinajstić information content (AvgIpc) is 2.44. The lowest BCUT2D eigenvalue weighted by atomic mass is 10.2. The maximum Gasteiger partial charge on any atom is 0.223 e. The quantitative estimate of drug-likeness (QED) is 0.893. The molecular weight excluding hydrogens is 240 g/mol. The Labute approximate surface area is 113 Å². The van der Waals surface area contributed by atoms with Gasteiger partial charge >= 0.3 is 0 Å². The molecule has 0 radical (unpaired) electrons. The van der Waals surface area contributed by atoms with Gasteiger partial charge in [-0.2, -0.15) is 0 Å². The van der Waals surface area contributed by atoms with Crippen molar-refractivity contribution in [1.82, 2.24) is 15.0 Å². The number of ether oxygens (including phenoxy) is 1. The Balaban J connectivity index is 2.29. The molecule has 0 fully saturated rings. The van der Waals surface area contributed by atoms with Gasteiger partial charge in [0, 0.05) is 30.1 Å². The Kier molecular flexibility index (Phi) is 4.28. The molecule has 2 heterocycles. The van der Waals surface area contributed by atoms with Gasteiger partial charge in [0.05, 0.1) is 12.8 Å². The molecule has 19 heavy (non-hydrogen) atoms. The maximum absolute atomic E-state index is 5.05. The minimum atomic E-state index is 0.596. The van der Waals surface area contributed by atoms with Crippen LogP contribution < -0.4 is 10.1 Å². The van der Waals surface area contributed by atoms with Crippen LogP contribution >= 0.6 is 0 Å². The number of nitrogens with one attached hydrogen (secondary N) is 1. The standard InChI is InChI=1S/C14H18N4O/c1-4-7-15-14-17-10(2)8-12(18-14)11-5-6-13(19-3)16-9-11/h5-6,8-9H,4,7H2,1-3H3,(H,15,17,18). The highest BCUT2D eigenvalue weighted by atomic mass is 16.5. The third-order valence-electron chi connectivity index (χ3n) is 2.63. The lowest BCUT2D eigenvalue weighted by molar-refractivity contribution is 0.398. The summed E-state index contributed by atoms with van der Waals surface area (Å²) in [6, 6.07) is 5.71. The average molecular weight is 258 g/mol. The Morgan fingerprint density at radius 3 is 2.74 bits per heavy atom. The van der Waals surface area contributed by atoms with Gasteiger partial charge in [0.2, 0.25) is 11.8 Å². The first-order valence-corrected chi connectivity index (χ1v) is 6.33. The van der Waals surface area contributed by atoms with E-state index >= 15 is 0 Å². The Morgan fingerprint density at radius 1 is 1.26 bits per heavy atom. The number of aromatic nitrogens is 3. The molecule has 0 bridgehead atoms. The van der Waals surface area contributed by atoms with Gasteiger partial charge in [-0.3, -0.25) is 0 Å². The lowest BCUT2D eigenvalue weighted by Crippen LogP contribution is -2.05. The van der Waals surface area contributed by atoms with Crippen LogP contribution in [-0.2, 0) is 0 Å². The molecule has 100 valence electrons. The molecule has 5 nitrogen and oxygen atoms in total. The molecule has 0 unspecified atom stereocenters. The van der Waals surface area contributed by atoms with Crippen molar-refractivity contribution in [3.8, 4) is 17.1 Å². The molecule has 0 saturated carbocycles. The van der Waals surface area contributed by atoms with Gasteiger partial charge in [0.15, 0.2) is 0 Å². The van der Waals surface area contributed by atoms with Crippen LogP contribution in [0.5, 0.6) is 5.88 Å². The Morgan fingerprint density at radius 2 is 2.11 bits per heavy atom. The van der Waals surface area contributed by atoms with Gasteiger partial charge in [0.25, 0.3) is 0 Å². The molecule has 0 amide bonds. The summed E-state index contributed by atoms with van der Waals surface area (Å²) < 4.78 is 5.05. The van der Waals surface area contributed by atoms with E-state index in [0.717, 1.165) is 29.9 Å². The number of hydrogen-bond acceptors (Lipinski definition) is 5. The third kappa shape index (κ3) is 3.40. The number of aryl methyl sites for hydroxylation is 1. The molecule has 2 rings (SSSR count). The second-order valence-corrected chi connectivity index (χ2v) is 4.23. The predicted molar refractivity (Wildman–Crippen MR) is 75.3 cm³/mol. The summed E-state index contributed by atoms with van der Waals surface area (Å²) in [6.45, 7) is 4.93. The molecule has 5 heteroatoms. The van der Waals surface area contributed by atoms with Crippen LogP contribution in [-0.4, -0.2) is 28.6 Å². The van der Waals surface area contributed by atoms with Crippen LogP contribution in [0.4, 0.5) is 5.95 Å². The highest BCUT2D eigenvalue weighted by Gasteiger charge is 2.05. The van der Waals surface area contributed by atoms with Crippen molar-refractivity contribution in [1.29, 1.82) is 0 Å². The van der Waals surface area contributed by atoms with Crippen LogP contribution in [0.25, 0.3) is 11.3 Å². The Hall–Kier alpha value is -2.17. The number of anilines is 1. The lowest BCUT2D eigenvalue weighted by Gasteiger charge is -2.07. The van der Waals surface area contributed by atoms with Crippen molar-refractivity contribution in [3.63, 3.8) is 0 Å². The van der Waals surface area contributed by atoms with E-state index in [2.05, 4.69) is 27.2 Å². The first-order valence-electron chi connectivity index (χ1n) is 6.33. The van der Waals surface area contributed by atoms with Gasteiger partial charge in [-0.25, -0.2) is 15.0 Å². The number of nitrogens with zero attached hydrogens (tertiary/aromatic N) is 3. The van der Waals surface area contributed by atoms with Crippen LogP contribution in [0, 0.1) is 6.92 Å². The summed E-state index contributed by atoms with van der Waals surface area (Å²) in [5.74, 6) is 1.26. The van der Waals surface area contributed by atoms with Crippen LogP contribution in [0.3, 0.4) is 0 Å². The van der Waals surface area contributed by atoms with E-state index in [1.165, 1.54) is 0 Å². The van der Waals surface area contributed by atoms with E-state index in [0.29, 0.717) is 11.8 Å². The van der Waals surface area contributed by atoms with Crippen LogP contribution in [0.15, 0.2) is 24.4 Å². The zero-order chi connectivity index (χ0) is 13.7. The molecule has 0 atom stereocenters. The molecule has 2 aromatic heterocycles. The molecule has 0 saturated heterocycles. The summed E-state index contributed by atoms with van der Waals surface area (Å²) >= 11 is 0. The van der Waals surface area contributed by atoms with E-state index in [1.807, 2.05) is 25.1 Å². The highest BCUT2D eigenvalue weighted by molar-refractivity contribution is 5.60. The van der Waals surface area contributed by atoms with E-state index in [1.54, 1.807) is 13.3 Å². The largest absolute Gasteiger partial charge is 0.481 e. The zero-order valence-corrected chi connectivity index (χ0v) is 11.5. The molecule has 0 aliphatic rings. The van der Waals surface area contributed by atoms with Crippen molar-refractivity contribution >= 4 is 5.95 Å². The number of rotatable bonds is 5. The monoisotopic (exact) mass is 258 g/mol. The first kappa shape index (κ1) is 13.3. The van der Waals surface area contributed by atoms with Crippen molar-refractivity contribution < 1.29 is 4.74 Å². The topological polar surface area (TPSA) is 59.9 Å². The summed E-state index contributed by atoms with van der Waals surface area (Å²) in [4.78, 5) is 13.0. The molecule has 1 N–H and O–H groups in total. The van der Waals surface area contributed by atoms with Crippen molar-refractivity contribution in [2.45, 2.75) is 20.3 Å². The summed E-state index contributed by atoms with van der Waals surface area (Å²) in [5.41, 5.74) is 2.74. The van der Waals surface area contributed by atoms with Crippen LogP contribution in [0.2, 0.25) is 0 Å². The number of hydrogen-bond donors (Lipinski definition) is 1. The molecule has 0 aliphatic heterocycles. The fourth-order valence-electron chi connectivity index (χ4n) is 1.68. The second kappa shape index (κ2) is 6.13. The van der Waals surface area contributed by atoms with Gasteiger partial charge in [-0.05, 0) is 25.5 Å². The van der Waals surface area contributed by atoms with E-state index in [9.17, 15) is 0 Å². The number of pyridine rings is 1. The molecular formula is C14H18N4O. The van der Waals surface area contributed by atoms with Gasteiger partial charge in [0.1, 0.15) is 0 Å². The Bertz CT molecular complexity index is 540. The third-order valence-corrected chi connectivity index (χ3v) is 2.63. The van der Waals surface area contributed by atoms with Gasteiger partial charge in [-0.15, -0.1) is 0 Å².